The lowest BCUT2D eigenvalue weighted by Crippen LogP contribution is -2.65. The van der Waals surface area contributed by atoms with Gasteiger partial charge < -0.3 is 14.9 Å². The maximum Gasteiger partial charge on any atom is 0.253 e. The van der Waals surface area contributed by atoms with Gasteiger partial charge in [0.15, 0.2) is 0 Å². The highest BCUT2D eigenvalue weighted by Gasteiger charge is 2.54. The van der Waals surface area contributed by atoms with Crippen molar-refractivity contribution in [2.75, 3.05) is 20.7 Å². The number of nitrogens with zero attached hydrogens (tertiary/aromatic N) is 3. The first-order valence-corrected chi connectivity index (χ1v) is 10.2. The number of benzene rings is 2. The van der Waals surface area contributed by atoms with Crippen LogP contribution in [-0.2, 0) is 4.79 Å². The summed E-state index contributed by atoms with van der Waals surface area (Å²) in [6.45, 7) is -0.175. The number of rotatable bonds is 5. The molecule has 1 heterocycles. The van der Waals surface area contributed by atoms with Crippen molar-refractivity contribution in [2.24, 2.45) is 5.92 Å². The molecule has 1 saturated carbocycles. The molecule has 6 heteroatoms. The predicted octanol–water partition coefficient (Wildman–Crippen LogP) is 2.64. The third-order valence-electron chi connectivity index (χ3n) is 6.08. The molecule has 2 aromatic carbocycles. The molecule has 4 rings (SSSR count). The third-order valence-corrected chi connectivity index (χ3v) is 6.08. The minimum absolute atomic E-state index is 0.00729. The Morgan fingerprint density at radius 2 is 1.80 bits per heavy atom. The highest BCUT2D eigenvalue weighted by atomic mass is 16.3. The number of carbonyl (C=O) groups excluding carboxylic acids is 2. The van der Waals surface area contributed by atoms with Gasteiger partial charge in [0.05, 0.1) is 18.7 Å². The average Bonchev–Trinajstić information content (AvgIpc) is 3.59. The topological polar surface area (TPSA) is 84.6 Å². The quantitative estimate of drug-likeness (QED) is 0.832. The molecule has 30 heavy (non-hydrogen) atoms. The molecule has 1 N–H and O–H groups in total. The summed E-state index contributed by atoms with van der Waals surface area (Å²) in [7, 11) is 3.43. The van der Waals surface area contributed by atoms with Crippen LogP contribution in [0.3, 0.4) is 0 Å². The third kappa shape index (κ3) is 3.35. The molecule has 6 nitrogen and oxygen atoms in total. The molecule has 2 aliphatic rings. The number of aliphatic hydroxyl groups excluding tert-OH is 1. The summed E-state index contributed by atoms with van der Waals surface area (Å²) in [5.74, 6) is -0.316. The van der Waals surface area contributed by atoms with Gasteiger partial charge >= 0.3 is 0 Å². The Hall–Kier alpha value is -3.17. The standard InChI is InChI=1S/C24H25N3O3/c1-26(2)23(29)16-9-7-15(8-10-16)18-5-3-4-6-19(18)22-20(13-25)27(21(22)14-28)24(30)17-11-12-17/h3-10,17,20-22,28H,11-12,14H2,1-2H3/t20-,21+,22-/m1/s1. The number of amides is 2. The van der Waals surface area contributed by atoms with E-state index in [1.165, 1.54) is 4.90 Å². The normalized spacial score (nSPS) is 22.7. The van der Waals surface area contributed by atoms with Crippen LogP contribution in [0.25, 0.3) is 11.1 Å². The van der Waals surface area contributed by atoms with Crippen LogP contribution in [0, 0.1) is 17.2 Å². The van der Waals surface area contributed by atoms with E-state index in [1.807, 2.05) is 36.4 Å². The van der Waals surface area contributed by atoms with Crippen molar-refractivity contribution in [3.63, 3.8) is 0 Å². The average molecular weight is 403 g/mol. The van der Waals surface area contributed by atoms with Crippen LogP contribution in [-0.4, -0.2) is 59.5 Å². The van der Waals surface area contributed by atoms with Gasteiger partial charge in [-0.2, -0.15) is 5.26 Å². The fourth-order valence-corrected chi connectivity index (χ4v) is 4.33. The molecule has 0 radical (unpaired) electrons. The van der Waals surface area contributed by atoms with E-state index in [2.05, 4.69) is 6.07 Å². The van der Waals surface area contributed by atoms with Crippen LogP contribution in [0.4, 0.5) is 0 Å². The predicted molar refractivity (Wildman–Crippen MR) is 112 cm³/mol. The molecule has 0 bridgehead atoms. The van der Waals surface area contributed by atoms with Gasteiger partial charge in [-0.15, -0.1) is 0 Å². The highest BCUT2D eigenvalue weighted by molar-refractivity contribution is 5.94. The van der Waals surface area contributed by atoms with Gasteiger partial charge in [-0.25, -0.2) is 0 Å². The zero-order chi connectivity index (χ0) is 21.4. The van der Waals surface area contributed by atoms with Crippen molar-refractivity contribution in [2.45, 2.75) is 30.8 Å². The minimum Gasteiger partial charge on any atom is -0.394 e. The molecule has 0 unspecified atom stereocenters. The second-order valence-electron chi connectivity index (χ2n) is 8.23. The van der Waals surface area contributed by atoms with Crippen molar-refractivity contribution in [1.82, 2.24) is 9.80 Å². The smallest absolute Gasteiger partial charge is 0.253 e. The highest BCUT2D eigenvalue weighted by Crippen LogP contribution is 2.46. The largest absolute Gasteiger partial charge is 0.394 e. The molecule has 0 spiro atoms. The number of hydrogen-bond donors (Lipinski definition) is 1. The van der Waals surface area contributed by atoms with Gasteiger partial charge in [-0.1, -0.05) is 36.4 Å². The first-order chi connectivity index (χ1) is 14.5. The Balaban J connectivity index is 1.67. The Kier molecular flexibility index (Phi) is 5.31. The number of carbonyl (C=O) groups is 2. The van der Waals surface area contributed by atoms with E-state index in [1.54, 1.807) is 31.1 Å². The Morgan fingerprint density at radius 1 is 1.13 bits per heavy atom. The van der Waals surface area contributed by atoms with Crippen LogP contribution in [0.15, 0.2) is 48.5 Å². The molecule has 2 aromatic rings. The monoisotopic (exact) mass is 403 g/mol. The van der Waals surface area contributed by atoms with Crippen molar-refractivity contribution >= 4 is 11.8 Å². The number of hydrogen-bond acceptors (Lipinski definition) is 4. The zero-order valence-corrected chi connectivity index (χ0v) is 17.2. The number of nitriles is 1. The molecule has 2 fully saturated rings. The first kappa shape index (κ1) is 20.1. The van der Waals surface area contributed by atoms with Gasteiger partial charge in [0, 0.05) is 31.5 Å². The molecule has 1 saturated heterocycles. The van der Waals surface area contributed by atoms with E-state index in [-0.39, 0.29) is 30.3 Å². The molecule has 3 atom stereocenters. The lowest BCUT2D eigenvalue weighted by Gasteiger charge is -2.52. The lowest BCUT2D eigenvalue weighted by atomic mass is 9.73. The van der Waals surface area contributed by atoms with Crippen LogP contribution >= 0.6 is 0 Å². The summed E-state index contributed by atoms with van der Waals surface area (Å²) in [4.78, 5) is 27.9. The second-order valence-corrected chi connectivity index (χ2v) is 8.23. The molecular formula is C24H25N3O3. The minimum atomic E-state index is -0.578. The SMILES string of the molecule is CN(C)C(=O)c1ccc(-c2ccccc2[C@@H]2[C@@H](C#N)N(C(=O)C3CC3)[C@H]2CO)cc1. The van der Waals surface area contributed by atoms with E-state index in [0.717, 1.165) is 29.5 Å². The maximum atomic E-state index is 12.6. The van der Waals surface area contributed by atoms with E-state index < -0.39 is 12.1 Å². The van der Waals surface area contributed by atoms with Crippen LogP contribution in [0.5, 0.6) is 0 Å². The Bertz CT molecular complexity index is 1010. The summed E-state index contributed by atoms with van der Waals surface area (Å²) in [5.41, 5.74) is 3.42. The van der Waals surface area contributed by atoms with Crippen molar-refractivity contribution < 1.29 is 14.7 Å². The Morgan fingerprint density at radius 3 is 2.37 bits per heavy atom. The molecular weight excluding hydrogens is 378 g/mol. The molecule has 2 amide bonds. The summed E-state index contributed by atoms with van der Waals surface area (Å²) in [5, 5.41) is 19.8. The second kappa shape index (κ2) is 7.92. The summed E-state index contributed by atoms with van der Waals surface area (Å²) in [6, 6.07) is 16.5. The van der Waals surface area contributed by atoms with E-state index in [4.69, 9.17) is 0 Å². The van der Waals surface area contributed by atoms with Crippen molar-refractivity contribution in [3.05, 3.63) is 59.7 Å². The van der Waals surface area contributed by atoms with E-state index in [9.17, 15) is 20.0 Å². The van der Waals surface area contributed by atoms with Gasteiger partial charge in [0.1, 0.15) is 6.04 Å². The fourth-order valence-electron chi connectivity index (χ4n) is 4.33. The van der Waals surface area contributed by atoms with Crippen LogP contribution in [0.1, 0.15) is 34.7 Å². The molecule has 154 valence electrons. The van der Waals surface area contributed by atoms with E-state index >= 15 is 0 Å². The van der Waals surface area contributed by atoms with Gasteiger partial charge in [-0.3, -0.25) is 9.59 Å². The van der Waals surface area contributed by atoms with Gasteiger partial charge in [-0.05, 0) is 41.7 Å². The maximum absolute atomic E-state index is 12.6. The lowest BCUT2D eigenvalue weighted by molar-refractivity contribution is -0.148. The summed E-state index contributed by atoms with van der Waals surface area (Å²) < 4.78 is 0. The first-order valence-electron chi connectivity index (χ1n) is 10.2. The summed E-state index contributed by atoms with van der Waals surface area (Å²) in [6.07, 6.45) is 1.73. The zero-order valence-electron chi connectivity index (χ0n) is 17.2. The number of likely N-dealkylation sites (tertiary alicyclic amines) is 1. The Labute approximate surface area is 176 Å². The number of aliphatic hydroxyl groups is 1. The molecule has 1 aliphatic heterocycles. The van der Waals surface area contributed by atoms with Crippen LogP contribution in [0.2, 0.25) is 0 Å². The van der Waals surface area contributed by atoms with Crippen LogP contribution < -0.4 is 0 Å². The molecule has 1 aliphatic carbocycles. The van der Waals surface area contributed by atoms with Crippen molar-refractivity contribution in [1.29, 1.82) is 5.26 Å². The fraction of sp³-hybridized carbons (Fsp3) is 0.375. The molecule has 0 aromatic heterocycles. The van der Waals surface area contributed by atoms with Gasteiger partial charge in [0.25, 0.3) is 5.91 Å². The van der Waals surface area contributed by atoms with Gasteiger partial charge in [0.2, 0.25) is 5.91 Å². The van der Waals surface area contributed by atoms with Crippen molar-refractivity contribution in [3.8, 4) is 17.2 Å². The summed E-state index contributed by atoms with van der Waals surface area (Å²) >= 11 is 0. The van der Waals surface area contributed by atoms with E-state index in [0.29, 0.717) is 5.56 Å².